The van der Waals surface area contributed by atoms with E-state index in [0.29, 0.717) is 23.0 Å². The summed E-state index contributed by atoms with van der Waals surface area (Å²) < 4.78 is 7.33. The molecule has 0 atom stereocenters. The van der Waals surface area contributed by atoms with E-state index in [1.807, 2.05) is 71.3 Å². The average molecular weight is 485 g/mol. The van der Waals surface area contributed by atoms with Gasteiger partial charge in [-0.15, -0.1) is 10.2 Å². The van der Waals surface area contributed by atoms with Gasteiger partial charge in [0.15, 0.2) is 16.8 Å². The molecule has 2 heterocycles. The smallest absolute Gasteiger partial charge is 0.227 e. The zero-order chi connectivity index (χ0) is 24.2. The van der Waals surface area contributed by atoms with Gasteiger partial charge in [0, 0.05) is 35.5 Å². The van der Waals surface area contributed by atoms with Crippen LogP contribution < -0.4 is 9.64 Å². The van der Waals surface area contributed by atoms with Gasteiger partial charge in [0.1, 0.15) is 5.75 Å². The third kappa shape index (κ3) is 4.83. The van der Waals surface area contributed by atoms with E-state index in [2.05, 4.69) is 10.2 Å². The number of anilines is 1. The molecular weight excluding hydrogens is 460 g/mol. The van der Waals surface area contributed by atoms with Crippen LogP contribution in [0.4, 0.5) is 5.69 Å². The molecule has 35 heavy (non-hydrogen) atoms. The van der Waals surface area contributed by atoms with E-state index in [-0.39, 0.29) is 17.4 Å². The predicted octanol–water partition coefficient (Wildman–Crippen LogP) is 5.04. The number of para-hydroxylation sites is 1. The predicted molar refractivity (Wildman–Crippen MR) is 136 cm³/mol. The Morgan fingerprint density at radius 1 is 0.971 bits per heavy atom. The molecule has 1 fully saturated rings. The van der Waals surface area contributed by atoms with E-state index >= 15 is 0 Å². The van der Waals surface area contributed by atoms with Crippen LogP contribution in [0.1, 0.15) is 23.2 Å². The average Bonchev–Trinajstić information content (AvgIpc) is 3.54. The first-order chi connectivity index (χ1) is 17.1. The van der Waals surface area contributed by atoms with Crippen molar-refractivity contribution >= 4 is 29.1 Å². The first-order valence-corrected chi connectivity index (χ1v) is 12.3. The highest BCUT2D eigenvalue weighted by Crippen LogP contribution is 2.30. The first kappa shape index (κ1) is 22.9. The maximum Gasteiger partial charge on any atom is 0.227 e. The lowest BCUT2D eigenvalue weighted by Gasteiger charge is -2.15. The van der Waals surface area contributed by atoms with Crippen LogP contribution in [0.15, 0.2) is 84.0 Å². The second-order valence-electron chi connectivity index (χ2n) is 8.12. The molecule has 0 unspecified atom stereocenters. The van der Waals surface area contributed by atoms with E-state index < -0.39 is 0 Å². The molecule has 1 aliphatic heterocycles. The zero-order valence-electron chi connectivity index (χ0n) is 19.3. The van der Waals surface area contributed by atoms with Gasteiger partial charge in [-0.1, -0.05) is 42.1 Å². The maximum absolute atomic E-state index is 12.9. The normalized spacial score (nSPS) is 13.3. The minimum absolute atomic E-state index is 0.0140. The van der Waals surface area contributed by atoms with Gasteiger partial charge >= 0.3 is 0 Å². The lowest BCUT2D eigenvalue weighted by atomic mass is 10.1. The Balaban J connectivity index is 1.38. The summed E-state index contributed by atoms with van der Waals surface area (Å²) in [5.41, 5.74) is 3.21. The van der Waals surface area contributed by atoms with Gasteiger partial charge in [0.05, 0.1) is 12.9 Å². The van der Waals surface area contributed by atoms with Crippen molar-refractivity contribution < 1.29 is 14.3 Å². The number of carbonyl (C=O) groups is 2. The van der Waals surface area contributed by atoms with Gasteiger partial charge < -0.3 is 9.64 Å². The van der Waals surface area contributed by atoms with Gasteiger partial charge in [-0.2, -0.15) is 0 Å². The first-order valence-electron chi connectivity index (χ1n) is 11.4. The van der Waals surface area contributed by atoms with Crippen molar-refractivity contribution in [1.82, 2.24) is 14.8 Å². The molecule has 1 aromatic heterocycles. The number of Topliss-reactive ketones (excluding diaryl/α,β-unsaturated/α-hetero) is 1. The fraction of sp³-hybridized carbons (Fsp3) is 0.185. The van der Waals surface area contributed by atoms with Crippen LogP contribution in [0.2, 0.25) is 0 Å². The SMILES string of the molecule is COc1cccc(-c2nnc(SCC(=O)c3ccc(N4CCCC4=O)cc3)n2-c2ccccc2)c1. The molecule has 1 saturated heterocycles. The molecule has 0 aliphatic carbocycles. The Kier molecular flexibility index (Phi) is 6.63. The molecule has 3 aromatic carbocycles. The number of methoxy groups -OCH3 is 1. The highest BCUT2D eigenvalue weighted by molar-refractivity contribution is 7.99. The van der Waals surface area contributed by atoms with Crippen LogP contribution in [0.25, 0.3) is 17.1 Å². The maximum atomic E-state index is 12.9. The summed E-state index contributed by atoms with van der Waals surface area (Å²) >= 11 is 1.34. The number of benzene rings is 3. The van der Waals surface area contributed by atoms with E-state index in [0.717, 1.165) is 35.7 Å². The van der Waals surface area contributed by atoms with Crippen LogP contribution >= 0.6 is 11.8 Å². The lowest BCUT2D eigenvalue weighted by molar-refractivity contribution is -0.117. The number of amides is 1. The summed E-state index contributed by atoms with van der Waals surface area (Å²) in [5, 5.41) is 9.47. The number of nitrogens with zero attached hydrogens (tertiary/aromatic N) is 4. The second kappa shape index (κ2) is 10.1. The molecule has 1 amide bonds. The van der Waals surface area contributed by atoms with Crippen molar-refractivity contribution in [3.8, 4) is 22.8 Å². The Bertz CT molecular complexity index is 1350. The van der Waals surface area contributed by atoms with Crippen molar-refractivity contribution in [3.05, 3.63) is 84.4 Å². The Labute approximate surface area is 207 Å². The van der Waals surface area contributed by atoms with Crippen LogP contribution in [-0.4, -0.2) is 45.9 Å². The zero-order valence-corrected chi connectivity index (χ0v) is 20.1. The third-order valence-corrected chi connectivity index (χ3v) is 6.81. The Morgan fingerprint density at radius 2 is 1.77 bits per heavy atom. The minimum atomic E-state index is -0.0140. The van der Waals surface area contributed by atoms with Gasteiger partial charge in [0.25, 0.3) is 0 Å². The number of ether oxygens (including phenoxy) is 1. The van der Waals surface area contributed by atoms with E-state index in [9.17, 15) is 9.59 Å². The molecule has 0 radical (unpaired) electrons. The summed E-state index contributed by atoms with van der Waals surface area (Å²) in [6.45, 7) is 0.729. The van der Waals surface area contributed by atoms with Gasteiger partial charge in [-0.3, -0.25) is 14.2 Å². The summed E-state index contributed by atoms with van der Waals surface area (Å²) in [7, 11) is 1.63. The van der Waals surface area contributed by atoms with E-state index in [1.165, 1.54) is 11.8 Å². The number of hydrogen-bond donors (Lipinski definition) is 0. The van der Waals surface area contributed by atoms with E-state index in [4.69, 9.17) is 4.74 Å². The number of hydrogen-bond acceptors (Lipinski definition) is 6. The van der Waals surface area contributed by atoms with E-state index in [1.54, 1.807) is 24.1 Å². The molecular formula is C27H24N4O3S. The number of carbonyl (C=O) groups excluding carboxylic acids is 2. The van der Waals surface area contributed by atoms with Crippen molar-refractivity contribution in [2.75, 3.05) is 24.3 Å². The highest BCUT2D eigenvalue weighted by Gasteiger charge is 2.22. The number of rotatable bonds is 8. The standard InChI is InChI=1S/C27H24N4O3S/c1-34-23-10-5-7-20(17-23)26-28-29-27(31(26)22-8-3-2-4-9-22)35-18-24(32)19-12-14-21(15-13-19)30-16-6-11-25(30)33/h2-5,7-10,12-15,17H,6,11,16,18H2,1H3. The van der Waals surface area contributed by atoms with Gasteiger partial charge in [0.2, 0.25) is 5.91 Å². The fourth-order valence-corrected chi connectivity index (χ4v) is 4.93. The largest absolute Gasteiger partial charge is 0.497 e. The summed E-state index contributed by atoms with van der Waals surface area (Å²) in [6.07, 6.45) is 1.45. The van der Waals surface area contributed by atoms with Crippen LogP contribution in [0.5, 0.6) is 5.75 Å². The van der Waals surface area contributed by atoms with Crippen LogP contribution in [-0.2, 0) is 4.79 Å². The van der Waals surface area contributed by atoms with Crippen LogP contribution in [0, 0.1) is 0 Å². The molecule has 7 nitrogen and oxygen atoms in total. The molecule has 5 rings (SSSR count). The quantitative estimate of drug-likeness (QED) is 0.257. The van der Waals surface area contributed by atoms with Gasteiger partial charge in [-0.05, 0) is 55.0 Å². The molecule has 176 valence electrons. The molecule has 8 heteroatoms. The number of thioether (sulfide) groups is 1. The Hall–Kier alpha value is -3.91. The van der Waals surface area contributed by atoms with Crippen molar-refractivity contribution in [3.63, 3.8) is 0 Å². The third-order valence-electron chi connectivity index (χ3n) is 5.88. The van der Waals surface area contributed by atoms with Crippen molar-refractivity contribution in [2.24, 2.45) is 0 Å². The fourth-order valence-electron chi connectivity index (χ4n) is 4.08. The molecule has 0 spiro atoms. The summed E-state index contributed by atoms with van der Waals surface area (Å²) in [4.78, 5) is 26.7. The summed E-state index contributed by atoms with van der Waals surface area (Å²) in [6, 6.07) is 24.7. The Morgan fingerprint density at radius 3 is 2.49 bits per heavy atom. The topological polar surface area (TPSA) is 77.3 Å². The highest BCUT2D eigenvalue weighted by atomic mass is 32.2. The van der Waals surface area contributed by atoms with Crippen molar-refractivity contribution in [1.29, 1.82) is 0 Å². The number of ketones is 1. The molecule has 1 aliphatic rings. The van der Waals surface area contributed by atoms with Crippen molar-refractivity contribution in [2.45, 2.75) is 18.0 Å². The summed E-state index contributed by atoms with van der Waals surface area (Å²) in [5.74, 6) is 1.73. The molecule has 4 aromatic rings. The second-order valence-corrected chi connectivity index (χ2v) is 9.06. The molecule has 0 saturated carbocycles. The minimum Gasteiger partial charge on any atom is -0.497 e. The van der Waals surface area contributed by atoms with Crippen LogP contribution in [0.3, 0.4) is 0 Å². The number of aromatic nitrogens is 3. The molecule has 0 bridgehead atoms. The van der Waals surface area contributed by atoms with Gasteiger partial charge in [-0.25, -0.2) is 0 Å². The monoisotopic (exact) mass is 484 g/mol. The molecule has 0 N–H and O–H groups in total. The lowest BCUT2D eigenvalue weighted by Crippen LogP contribution is -2.23.